The number of oxazole rings is 1. The molecule has 2 saturated heterocycles. The van der Waals surface area contributed by atoms with Gasteiger partial charge in [0.05, 0.1) is 19.7 Å². The molecular weight excluding hydrogens is 324 g/mol. The van der Waals surface area contributed by atoms with Crippen molar-refractivity contribution in [1.82, 2.24) is 19.9 Å². The minimum atomic E-state index is -0.217. The zero-order chi connectivity index (χ0) is 17.1. The molecule has 1 spiro atoms. The van der Waals surface area contributed by atoms with Gasteiger partial charge in [-0.2, -0.15) is 0 Å². The molecule has 8 heteroatoms. The van der Waals surface area contributed by atoms with Gasteiger partial charge in [0.15, 0.2) is 12.1 Å². The number of nitrogens with zero attached hydrogens (tertiary/aromatic N) is 4. The Hall–Kier alpha value is -2.48. The Bertz CT molecular complexity index is 701. The summed E-state index contributed by atoms with van der Waals surface area (Å²) in [6, 6.07) is 2.18. The molecule has 25 heavy (non-hydrogen) atoms. The van der Waals surface area contributed by atoms with E-state index in [0.717, 1.165) is 25.9 Å². The Balaban J connectivity index is 1.25. The summed E-state index contributed by atoms with van der Waals surface area (Å²) in [7, 11) is 0. The van der Waals surface area contributed by atoms with Gasteiger partial charge in [-0.05, 0) is 31.2 Å². The molecule has 2 fully saturated rings. The summed E-state index contributed by atoms with van der Waals surface area (Å²) in [5.74, 6) is 0.413. The van der Waals surface area contributed by atoms with Crippen LogP contribution >= 0.6 is 0 Å². The maximum atomic E-state index is 12.2. The highest BCUT2D eigenvalue weighted by molar-refractivity contribution is 5.92. The molecule has 2 aliphatic heterocycles. The molecule has 8 nitrogen and oxygen atoms in total. The van der Waals surface area contributed by atoms with Gasteiger partial charge < -0.3 is 18.8 Å². The number of amides is 1. The van der Waals surface area contributed by atoms with Crippen molar-refractivity contribution >= 4 is 5.91 Å². The van der Waals surface area contributed by atoms with Crippen LogP contribution in [0.4, 0.5) is 0 Å². The van der Waals surface area contributed by atoms with Gasteiger partial charge in [-0.15, -0.1) is 0 Å². The van der Waals surface area contributed by atoms with E-state index in [1.165, 1.54) is 12.7 Å². The van der Waals surface area contributed by atoms with Gasteiger partial charge in [0, 0.05) is 19.0 Å². The second-order valence-electron chi connectivity index (χ2n) is 6.59. The molecule has 0 N–H and O–H groups in total. The second kappa shape index (κ2) is 6.79. The Morgan fingerprint density at radius 1 is 1.32 bits per heavy atom. The summed E-state index contributed by atoms with van der Waals surface area (Å²) in [6.07, 6.45) is 8.86. The molecule has 0 radical (unpaired) electrons. The van der Waals surface area contributed by atoms with Crippen molar-refractivity contribution in [2.45, 2.75) is 24.9 Å². The highest BCUT2D eigenvalue weighted by Crippen LogP contribution is 2.38. The normalized spacial score (nSPS) is 21.8. The quantitative estimate of drug-likeness (QED) is 0.813. The van der Waals surface area contributed by atoms with Crippen molar-refractivity contribution in [3.8, 4) is 6.01 Å². The van der Waals surface area contributed by atoms with E-state index in [9.17, 15) is 4.79 Å². The van der Waals surface area contributed by atoms with Crippen LogP contribution in [-0.4, -0.2) is 57.7 Å². The van der Waals surface area contributed by atoms with Crippen molar-refractivity contribution in [2.75, 3.05) is 26.3 Å². The predicted molar refractivity (Wildman–Crippen MR) is 86.0 cm³/mol. The van der Waals surface area contributed by atoms with E-state index in [2.05, 4.69) is 15.0 Å². The Labute approximate surface area is 145 Å². The average molecular weight is 344 g/mol. The largest absolute Gasteiger partial charge is 0.463 e. The van der Waals surface area contributed by atoms with Crippen LogP contribution in [0.15, 0.2) is 35.5 Å². The first kappa shape index (κ1) is 16.0. The minimum absolute atomic E-state index is 0.102. The fourth-order valence-corrected chi connectivity index (χ4v) is 3.55. The third kappa shape index (κ3) is 3.48. The lowest BCUT2D eigenvalue weighted by Crippen LogP contribution is -2.66. The number of likely N-dealkylation sites (tertiary alicyclic amines) is 1. The van der Waals surface area contributed by atoms with E-state index < -0.39 is 0 Å². The monoisotopic (exact) mass is 344 g/mol. The molecular formula is C17H20N4O4. The lowest BCUT2D eigenvalue weighted by atomic mass is 9.79. The van der Waals surface area contributed by atoms with Gasteiger partial charge in [-0.25, -0.2) is 15.0 Å². The average Bonchev–Trinajstić information content (AvgIpc) is 3.15. The second-order valence-corrected chi connectivity index (χ2v) is 6.59. The minimum Gasteiger partial charge on any atom is -0.463 e. The number of hydrogen-bond acceptors (Lipinski definition) is 7. The van der Waals surface area contributed by atoms with Crippen molar-refractivity contribution in [3.05, 3.63) is 36.8 Å². The first-order valence-corrected chi connectivity index (χ1v) is 8.45. The van der Waals surface area contributed by atoms with E-state index in [1.807, 2.05) is 0 Å². The van der Waals surface area contributed by atoms with Gasteiger partial charge in [0.25, 0.3) is 5.91 Å². The number of hydrogen-bond donors (Lipinski definition) is 0. The SMILES string of the molecule is O=C(c1cocn1)N1CC2(C[C@H](CCOc3ncccn3)CCO2)C1. The Morgan fingerprint density at radius 2 is 2.16 bits per heavy atom. The third-order valence-corrected chi connectivity index (χ3v) is 4.79. The lowest BCUT2D eigenvalue weighted by Gasteiger charge is -2.53. The van der Waals surface area contributed by atoms with Gasteiger partial charge in [-0.1, -0.05) is 0 Å². The fraction of sp³-hybridized carbons (Fsp3) is 0.529. The summed E-state index contributed by atoms with van der Waals surface area (Å²) < 4.78 is 16.5. The van der Waals surface area contributed by atoms with Crippen molar-refractivity contribution < 1.29 is 18.7 Å². The highest BCUT2D eigenvalue weighted by atomic mass is 16.5. The number of carbonyl (C=O) groups is 1. The molecule has 0 saturated carbocycles. The smallest absolute Gasteiger partial charge is 0.316 e. The number of rotatable bonds is 5. The van der Waals surface area contributed by atoms with E-state index in [0.29, 0.717) is 37.3 Å². The molecule has 2 aromatic heterocycles. The van der Waals surface area contributed by atoms with Crippen LogP contribution in [0.25, 0.3) is 0 Å². The number of ether oxygens (including phenoxy) is 2. The topological polar surface area (TPSA) is 90.6 Å². The van der Waals surface area contributed by atoms with E-state index in [-0.39, 0.29) is 11.5 Å². The van der Waals surface area contributed by atoms with Crippen LogP contribution in [0.2, 0.25) is 0 Å². The van der Waals surface area contributed by atoms with Crippen LogP contribution in [0, 0.1) is 5.92 Å². The molecule has 132 valence electrons. The number of aromatic nitrogens is 3. The first-order valence-electron chi connectivity index (χ1n) is 8.45. The predicted octanol–water partition coefficient (Wildman–Crippen LogP) is 1.55. The zero-order valence-corrected chi connectivity index (χ0v) is 13.8. The third-order valence-electron chi connectivity index (χ3n) is 4.79. The van der Waals surface area contributed by atoms with Crippen LogP contribution in [0.3, 0.4) is 0 Å². The summed E-state index contributed by atoms with van der Waals surface area (Å²) in [5, 5.41) is 0. The van der Waals surface area contributed by atoms with Crippen LogP contribution in [-0.2, 0) is 4.74 Å². The van der Waals surface area contributed by atoms with E-state index >= 15 is 0 Å². The summed E-state index contributed by atoms with van der Waals surface area (Å²) in [6.45, 7) is 2.53. The lowest BCUT2D eigenvalue weighted by molar-refractivity contribution is -0.166. The van der Waals surface area contributed by atoms with Crippen molar-refractivity contribution in [3.63, 3.8) is 0 Å². The summed E-state index contributed by atoms with van der Waals surface area (Å²) >= 11 is 0. The molecule has 0 unspecified atom stereocenters. The molecule has 2 aliphatic rings. The maximum Gasteiger partial charge on any atom is 0.316 e. The first-order chi connectivity index (χ1) is 12.2. The number of carbonyl (C=O) groups excluding carboxylic acids is 1. The zero-order valence-electron chi connectivity index (χ0n) is 13.8. The van der Waals surface area contributed by atoms with Crippen LogP contribution in [0.5, 0.6) is 6.01 Å². The van der Waals surface area contributed by atoms with Crippen LogP contribution in [0.1, 0.15) is 29.8 Å². The molecule has 4 rings (SSSR count). The Morgan fingerprint density at radius 3 is 2.92 bits per heavy atom. The highest BCUT2D eigenvalue weighted by Gasteiger charge is 2.49. The maximum absolute atomic E-state index is 12.2. The summed E-state index contributed by atoms with van der Waals surface area (Å²) in [4.78, 5) is 26.0. The van der Waals surface area contributed by atoms with E-state index in [1.54, 1.807) is 23.4 Å². The van der Waals surface area contributed by atoms with Gasteiger partial charge in [-0.3, -0.25) is 4.79 Å². The van der Waals surface area contributed by atoms with E-state index in [4.69, 9.17) is 13.9 Å². The molecule has 1 atom stereocenters. The van der Waals surface area contributed by atoms with Gasteiger partial charge >= 0.3 is 6.01 Å². The molecule has 0 bridgehead atoms. The summed E-state index contributed by atoms with van der Waals surface area (Å²) in [5.41, 5.74) is 0.129. The molecule has 0 aliphatic carbocycles. The standard InChI is InChI=1S/C17H20N4O4/c22-15(14-9-23-12-20-14)21-10-17(11-21)8-13(3-7-25-17)2-6-24-16-18-4-1-5-19-16/h1,4-5,9,12-13H,2-3,6-8,10-11H2/t13-/m1/s1. The Kier molecular flexibility index (Phi) is 4.35. The molecule has 2 aromatic rings. The van der Waals surface area contributed by atoms with Crippen molar-refractivity contribution in [1.29, 1.82) is 0 Å². The fourth-order valence-electron chi connectivity index (χ4n) is 3.55. The van der Waals surface area contributed by atoms with Crippen LogP contribution < -0.4 is 4.74 Å². The molecule has 1 amide bonds. The van der Waals surface area contributed by atoms with Gasteiger partial charge in [0.2, 0.25) is 0 Å². The molecule has 0 aromatic carbocycles. The van der Waals surface area contributed by atoms with Crippen molar-refractivity contribution in [2.24, 2.45) is 5.92 Å². The van der Waals surface area contributed by atoms with Gasteiger partial charge in [0.1, 0.15) is 11.9 Å². The molecule has 4 heterocycles.